The highest BCUT2D eigenvalue weighted by Gasteiger charge is 2.15. The highest BCUT2D eigenvalue weighted by atomic mass is 79.9. The maximum atomic E-state index is 13.4. The van der Waals surface area contributed by atoms with Crippen LogP contribution in [0.2, 0.25) is 5.02 Å². The van der Waals surface area contributed by atoms with Crippen molar-refractivity contribution < 1.29 is 9.50 Å². The van der Waals surface area contributed by atoms with Gasteiger partial charge in [-0.2, -0.15) is 0 Å². The second-order valence-corrected chi connectivity index (χ2v) is 4.83. The van der Waals surface area contributed by atoms with Crippen LogP contribution in [0.1, 0.15) is 17.2 Å². The van der Waals surface area contributed by atoms with Gasteiger partial charge in [-0.05, 0) is 39.7 Å². The first-order valence-electron chi connectivity index (χ1n) is 4.97. The van der Waals surface area contributed by atoms with Crippen LogP contribution in [0.3, 0.4) is 0 Å². The zero-order chi connectivity index (χ0) is 12.4. The SMILES string of the molecule is OC(c1cccc(Cl)c1)c1cccc(F)c1Br. The van der Waals surface area contributed by atoms with E-state index in [1.807, 2.05) is 0 Å². The van der Waals surface area contributed by atoms with E-state index in [2.05, 4.69) is 15.9 Å². The molecule has 0 aliphatic rings. The zero-order valence-electron chi connectivity index (χ0n) is 8.70. The van der Waals surface area contributed by atoms with Crippen molar-refractivity contribution in [2.75, 3.05) is 0 Å². The van der Waals surface area contributed by atoms with Crippen LogP contribution in [-0.2, 0) is 0 Å². The van der Waals surface area contributed by atoms with Gasteiger partial charge in [-0.25, -0.2) is 4.39 Å². The van der Waals surface area contributed by atoms with Crippen molar-refractivity contribution in [3.8, 4) is 0 Å². The second kappa shape index (κ2) is 5.17. The number of halogens is 3. The summed E-state index contributed by atoms with van der Waals surface area (Å²) in [4.78, 5) is 0. The predicted octanol–water partition coefficient (Wildman–Crippen LogP) is 4.32. The molecule has 0 aliphatic heterocycles. The summed E-state index contributed by atoms with van der Waals surface area (Å²) < 4.78 is 13.6. The number of aliphatic hydroxyl groups excluding tert-OH is 1. The van der Waals surface area contributed by atoms with E-state index in [9.17, 15) is 9.50 Å². The molecular formula is C13H9BrClFO. The average molecular weight is 316 g/mol. The minimum atomic E-state index is -0.904. The second-order valence-electron chi connectivity index (χ2n) is 3.60. The van der Waals surface area contributed by atoms with E-state index in [1.165, 1.54) is 6.07 Å². The highest BCUT2D eigenvalue weighted by molar-refractivity contribution is 9.10. The van der Waals surface area contributed by atoms with Crippen LogP contribution in [-0.4, -0.2) is 5.11 Å². The highest BCUT2D eigenvalue weighted by Crippen LogP contribution is 2.31. The third kappa shape index (κ3) is 2.68. The van der Waals surface area contributed by atoms with Crippen molar-refractivity contribution in [3.05, 3.63) is 68.9 Å². The van der Waals surface area contributed by atoms with Gasteiger partial charge in [0.25, 0.3) is 0 Å². The molecule has 0 aromatic heterocycles. The van der Waals surface area contributed by atoms with Crippen LogP contribution in [0.4, 0.5) is 4.39 Å². The van der Waals surface area contributed by atoms with E-state index >= 15 is 0 Å². The van der Waals surface area contributed by atoms with Crippen molar-refractivity contribution in [1.82, 2.24) is 0 Å². The summed E-state index contributed by atoms with van der Waals surface area (Å²) in [6, 6.07) is 11.4. The van der Waals surface area contributed by atoms with Crippen LogP contribution < -0.4 is 0 Å². The van der Waals surface area contributed by atoms with Gasteiger partial charge in [-0.1, -0.05) is 35.9 Å². The molecule has 0 radical (unpaired) electrons. The smallest absolute Gasteiger partial charge is 0.137 e. The molecule has 0 bridgehead atoms. The number of aliphatic hydroxyl groups is 1. The van der Waals surface area contributed by atoms with E-state index in [4.69, 9.17) is 11.6 Å². The Balaban J connectivity index is 2.44. The van der Waals surface area contributed by atoms with E-state index in [0.717, 1.165) is 0 Å². The Morgan fingerprint density at radius 2 is 1.88 bits per heavy atom. The molecule has 17 heavy (non-hydrogen) atoms. The first-order valence-corrected chi connectivity index (χ1v) is 6.14. The first-order chi connectivity index (χ1) is 8.09. The first kappa shape index (κ1) is 12.6. The van der Waals surface area contributed by atoms with Crippen molar-refractivity contribution >= 4 is 27.5 Å². The quantitative estimate of drug-likeness (QED) is 0.875. The standard InChI is InChI=1S/C13H9BrClFO/c14-12-10(5-2-6-11(12)16)13(17)8-3-1-4-9(15)7-8/h1-7,13,17H. The fraction of sp³-hybridized carbons (Fsp3) is 0.0769. The molecule has 1 nitrogen and oxygen atoms in total. The van der Waals surface area contributed by atoms with E-state index in [-0.39, 0.29) is 4.47 Å². The van der Waals surface area contributed by atoms with Gasteiger partial charge in [-0.15, -0.1) is 0 Å². The molecule has 4 heteroatoms. The molecule has 1 unspecified atom stereocenters. The van der Waals surface area contributed by atoms with Crippen molar-refractivity contribution in [3.63, 3.8) is 0 Å². The molecular weight excluding hydrogens is 306 g/mol. The average Bonchev–Trinajstić information content (AvgIpc) is 2.32. The van der Waals surface area contributed by atoms with Crippen LogP contribution in [0.5, 0.6) is 0 Å². The number of hydrogen-bond donors (Lipinski definition) is 1. The third-order valence-corrected chi connectivity index (χ3v) is 3.51. The maximum Gasteiger partial charge on any atom is 0.137 e. The van der Waals surface area contributed by atoms with Crippen LogP contribution in [0, 0.1) is 5.82 Å². The molecule has 2 rings (SSSR count). The lowest BCUT2D eigenvalue weighted by Crippen LogP contribution is -2.01. The molecule has 0 saturated carbocycles. The normalized spacial score (nSPS) is 12.5. The Bertz CT molecular complexity index is 545. The topological polar surface area (TPSA) is 20.2 Å². The Labute approximate surface area is 112 Å². The minimum Gasteiger partial charge on any atom is -0.384 e. The van der Waals surface area contributed by atoms with Gasteiger partial charge in [0.15, 0.2) is 0 Å². The summed E-state index contributed by atoms with van der Waals surface area (Å²) in [5.41, 5.74) is 1.11. The Morgan fingerprint density at radius 3 is 2.59 bits per heavy atom. The Kier molecular flexibility index (Phi) is 3.82. The van der Waals surface area contributed by atoms with E-state index < -0.39 is 11.9 Å². The monoisotopic (exact) mass is 314 g/mol. The molecule has 0 heterocycles. The van der Waals surface area contributed by atoms with Gasteiger partial charge < -0.3 is 5.11 Å². The van der Waals surface area contributed by atoms with E-state index in [0.29, 0.717) is 16.1 Å². The van der Waals surface area contributed by atoms with Gasteiger partial charge in [0.1, 0.15) is 11.9 Å². The lowest BCUT2D eigenvalue weighted by atomic mass is 10.0. The Hall–Kier alpha value is -0.900. The summed E-state index contributed by atoms with van der Waals surface area (Å²) in [5.74, 6) is -0.399. The number of rotatable bonds is 2. The zero-order valence-corrected chi connectivity index (χ0v) is 11.0. The number of benzene rings is 2. The molecule has 2 aromatic carbocycles. The summed E-state index contributed by atoms with van der Waals surface area (Å²) in [7, 11) is 0. The molecule has 2 aromatic rings. The summed E-state index contributed by atoms with van der Waals surface area (Å²) in [6.45, 7) is 0. The molecule has 88 valence electrons. The van der Waals surface area contributed by atoms with Gasteiger partial charge >= 0.3 is 0 Å². The lowest BCUT2D eigenvalue weighted by Gasteiger charge is -2.13. The largest absolute Gasteiger partial charge is 0.384 e. The van der Waals surface area contributed by atoms with Crippen LogP contribution in [0.25, 0.3) is 0 Å². The van der Waals surface area contributed by atoms with Crippen molar-refractivity contribution in [1.29, 1.82) is 0 Å². The Morgan fingerprint density at radius 1 is 1.18 bits per heavy atom. The van der Waals surface area contributed by atoms with Crippen LogP contribution >= 0.6 is 27.5 Å². The van der Waals surface area contributed by atoms with E-state index in [1.54, 1.807) is 36.4 Å². The van der Waals surface area contributed by atoms with Gasteiger partial charge in [-0.3, -0.25) is 0 Å². The summed E-state index contributed by atoms with van der Waals surface area (Å²) >= 11 is 8.98. The predicted molar refractivity (Wildman–Crippen MR) is 69.6 cm³/mol. The summed E-state index contributed by atoms with van der Waals surface area (Å²) in [5, 5.41) is 10.7. The molecule has 0 amide bonds. The van der Waals surface area contributed by atoms with Gasteiger partial charge in [0, 0.05) is 10.6 Å². The fourth-order valence-electron chi connectivity index (χ4n) is 1.59. The molecule has 1 N–H and O–H groups in total. The molecule has 0 saturated heterocycles. The lowest BCUT2D eigenvalue weighted by molar-refractivity contribution is 0.219. The van der Waals surface area contributed by atoms with Gasteiger partial charge in [0.05, 0.1) is 4.47 Å². The maximum absolute atomic E-state index is 13.4. The molecule has 0 aliphatic carbocycles. The summed E-state index contributed by atoms with van der Waals surface area (Å²) in [6.07, 6.45) is -0.904. The molecule has 1 atom stereocenters. The molecule has 0 spiro atoms. The fourth-order valence-corrected chi connectivity index (χ4v) is 2.27. The van der Waals surface area contributed by atoms with Crippen LogP contribution in [0.15, 0.2) is 46.9 Å². The molecule has 0 fully saturated rings. The van der Waals surface area contributed by atoms with Gasteiger partial charge in [0.2, 0.25) is 0 Å². The van der Waals surface area contributed by atoms with Crippen molar-refractivity contribution in [2.24, 2.45) is 0 Å². The van der Waals surface area contributed by atoms with Crippen molar-refractivity contribution in [2.45, 2.75) is 6.10 Å². The minimum absolute atomic E-state index is 0.271. The third-order valence-electron chi connectivity index (χ3n) is 2.44. The number of hydrogen-bond acceptors (Lipinski definition) is 1.